The lowest BCUT2D eigenvalue weighted by Crippen LogP contribution is -2.07. The number of hydrogen-bond donors (Lipinski definition) is 1. The highest BCUT2D eigenvalue weighted by molar-refractivity contribution is 5.39. The molecule has 0 radical (unpaired) electrons. The van der Waals surface area contributed by atoms with Gasteiger partial charge in [-0.2, -0.15) is 0 Å². The van der Waals surface area contributed by atoms with Gasteiger partial charge in [-0.05, 0) is 31.0 Å². The predicted molar refractivity (Wildman–Crippen MR) is 52.0 cm³/mol. The molecule has 2 heterocycles. The van der Waals surface area contributed by atoms with Gasteiger partial charge in [-0.15, -0.1) is 0 Å². The number of nitrogens with one attached hydrogen (secondary N) is 1. The molecule has 3 nitrogen and oxygen atoms in total. The van der Waals surface area contributed by atoms with Gasteiger partial charge in [-0.25, -0.2) is 9.97 Å². The van der Waals surface area contributed by atoms with Crippen LogP contribution in [-0.4, -0.2) is 23.1 Å². The Morgan fingerprint density at radius 3 is 2.92 bits per heavy atom. The van der Waals surface area contributed by atoms with Crippen molar-refractivity contribution in [2.45, 2.75) is 6.42 Å². The van der Waals surface area contributed by atoms with Gasteiger partial charge in [-0.1, -0.05) is 6.08 Å². The summed E-state index contributed by atoms with van der Waals surface area (Å²) in [4.78, 5) is 8.24. The van der Waals surface area contributed by atoms with Crippen molar-refractivity contribution in [1.29, 1.82) is 0 Å². The lowest BCUT2D eigenvalue weighted by atomic mass is 10.1. The second-order valence-electron chi connectivity index (χ2n) is 3.22. The van der Waals surface area contributed by atoms with Crippen molar-refractivity contribution >= 4 is 6.08 Å². The first-order valence-corrected chi connectivity index (χ1v) is 4.61. The molecule has 1 aromatic rings. The Morgan fingerprint density at radius 2 is 2.23 bits per heavy atom. The van der Waals surface area contributed by atoms with Gasteiger partial charge in [0.1, 0.15) is 0 Å². The third-order valence-electron chi connectivity index (χ3n) is 2.20. The molecule has 0 saturated carbocycles. The molecule has 1 aromatic heterocycles. The second kappa shape index (κ2) is 4.14. The summed E-state index contributed by atoms with van der Waals surface area (Å²) >= 11 is 0. The van der Waals surface area contributed by atoms with Gasteiger partial charge in [-0.3, -0.25) is 0 Å². The highest BCUT2D eigenvalue weighted by atomic mass is 14.9. The Labute approximate surface area is 77.9 Å². The molecule has 3 heteroatoms. The molecule has 0 spiro atoms. The maximum absolute atomic E-state index is 4.12. The summed E-state index contributed by atoms with van der Waals surface area (Å²) in [6.07, 6.45) is 8.94. The van der Waals surface area contributed by atoms with Crippen molar-refractivity contribution in [2.24, 2.45) is 5.92 Å². The van der Waals surface area contributed by atoms with Gasteiger partial charge in [0.2, 0.25) is 0 Å². The summed E-state index contributed by atoms with van der Waals surface area (Å²) in [5, 5.41) is 3.32. The molecule has 0 aliphatic carbocycles. The average molecular weight is 175 g/mol. The SMILES string of the molecule is C(=C\C1CCNC1)/c1ncccn1. The standard InChI is InChI=1S/C10H13N3/c1-5-12-10(13-6-1)3-2-9-4-7-11-8-9/h1-3,5-6,9,11H,4,7-8H2/b3-2+. The summed E-state index contributed by atoms with van der Waals surface area (Å²) in [6.45, 7) is 2.22. The monoisotopic (exact) mass is 175 g/mol. The number of hydrogen-bond acceptors (Lipinski definition) is 3. The highest BCUT2D eigenvalue weighted by Crippen LogP contribution is 2.09. The fraction of sp³-hybridized carbons (Fsp3) is 0.400. The number of aromatic nitrogens is 2. The van der Waals surface area contributed by atoms with E-state index in [1.165, 1.54) is 6.42 Å². The normalized spacial score (nSPS) is 22.6. The van der Waals surface area contributed by atoms with Crippen LogP contribution in [0.3, 0.4) is 0 Å². The summed E-state index contributed by atoms with van der Waals surface area (Å²) in [5.41, 5.74) is 0. The van der Waals surface area contributed by atoms with Gasteiger partial charge in [0, 0.05) is 18.9 Å². The topological polar surface area (TPSA) is 37.8 Å². The molecule has 1 saturated heterocycles. The molecule has 0 bridgehead atoms. The molecule has 0 amide bonds. The van der Waals surface area contributed by atoms with E-state index in [4.69, 9.17) is 0 Å². The largest absolute Gasteiger partial charge is 0.316 e. The first-order chi connectivity index (χ1) is 6.45. The van der Waals surface area contributed by atoms with E-state index in [2.05, 4.69) is 21.4 Å². The molecule has 0 aromatic carbocycles. The molecule has 1 aliphatic rings. The van der Waals surface area contributed by atoms with E-state index in [-0.39, 0.29) is 0 Å². The van der Waals surface area contributed by atoms with Crippen LogP contribution in [0.2, 0.25) is 0 Å². The van der Waals surface area contributed by atoms with Crippen LogP contribution in [0.15, 0.2) is 24.5 Å². The van der Waals surface area contributed by atoms with Crippen molar-refractivity contribution in [3.63, 3.8) is 0 Å². The first-order valence-electron chi connectivity index (χ1n) is 4.61. The van der Waals surface area contributed by atoms with Crippen LogP contribution < -0.4 is 5.32 Å². The maximum atomic E-state index is 4.12. The minimum absolute atomic E-state index is 0.656. The zero-order valence-corrected chi connectivity index (χ0v) is 7.48. The minimum atomic E-state index is 0.656. The van der Waals surface area contributed by atoms with Gasteiger partial charge >= 0.3 is 0 Å². The predicted octanol–water partition coefficient (Wildman–Crippen LogP) is 1.10. The maximum Gasteiger partial charge on any atom is 0.151 e. The Balaban J connectivity index is 1.97. The molecule has 1 aliphatic heterocycles. The van der Waals surface area contributed by atoms with Crippen LogP contribution in [0.1, 0.15) is 12.2 Å². The smallest absolute Gasteiger partial charge is 0.151 e. The van der Waals surface area contributed by atoms with Gasteiger partial charge in [0.25, 0.3) is 0 Å². The van der Waals surface area contributed by atoms with Gasteiger partial charge in [0.15, 0.2) is 5.82 Å². The van der Waals surface area contributed by atoms with Gasteiger partial charge < -0.3 is 5.32 Å². The van der Waals surface area contributed by atoms with E-state index in [0.717, 1.165) is 18.9 Å². The molecule has 2 rings (SSSR count). The zero-order valence-electron chi connectivity index (χ0n) is 7.48. The fourth-order valence-electron chi connectivity index (χ4n) is 1.46. The second-order valence-corrected chi connectivity index (χ2v) is 3.22. The summed E-state index contributed by atoms with van der Waals surface area (Å²) in [6, 6.07) is 1.83. The molecule has 1 fully saturated rings. The summed E-state index contributed by atoms with van der Waals surface area (Å²) in [7, 11) is 0. The van der Waals surface area contributed by atoms with Crippen LogP contribution in [0.4, 0.5) is 0 Å². The zero-order chi connectivity index (χ0) is 8.93. The van der Waals surface area contributed by atoms with Crippen LogP contribution in [0.5, 0.6) is 0 Å². The Hall–Kier alpha value is -1.22. The third-order valence-corrected chi connectivity index (χ3v) is 2.20. The average Bonchev–Trinajstić information content (AvgIpc) is 2.69. The Bertz CT molecular complexity index is 275. The van der Waals surface area contributed by atoms with E-state index < -0.39 is 0 Å². The van der Waals surface area contributed by atoms with Crippen LogP contribution in [-0.2, 0) is 0 Å². The number of nitrogens with zero attached hydrogens (tertiary/aromatic N) is 2. The lowest BCUT2D eigenvalue weighted by molar-refractivity contribution is 0.731. The van der Waals surface area contributed by atoms with Gasteiger partial charge in [0.05, 0.1) is 0 Å². The van der Waals surface area contributed by atoms with E-state index in [0.29, 0.717) is 5.92 Å². The van der Waals surface area contributed by atoms with E-state index in [1.807, 2.05) is 12.1 Å². The molecule has 13 heavy (non-hydrogen) atoms. The molecule has 1 atom stereocenters. The fourth-order valence-corrected chi connectivity index (χ4v) is 1.46. The van der Waals surface area contributed by atoms with Crippen molar-refractivity contribution in [2.75, 3.05) is 13.1 Å². The quantitative estimate of drug-likeness (QED) is 0.731. The Kier molecular flexibility index (Phi) is 2.67. The third kappa shape index (κ3) is 2.36. The lowest BCUT2D eigenvalue weighted by Gasteiger charge is -1.97. The molecule has 1 N–H and O–H groups in total. The molecular formula is C10H13N3. The summed E-state index contributed by atoms with van der Waals surface area (Å²) < 4.78 is 0. The van der Waals surface area contributed by atoms with Crippen molar-refractivity contribution in [1.82, 2.24) is 15.3 Å². The minimum Gasteiger partial charge on any atom is -0.316 e. The van der Waals surface area contributed by atoms with E-state index in [1.54, 1.807) is 12.4 Å². The van der Waals surface area contributed by atoms with Crippen LogP contribution in [0.25, 0.3) is 6.08 Å². The van der Waals surface area contributed by atoms with E-state index in [9.17, 15) is 0 Å². The Morgan fingerprint density at radius 1 is 1.38 bits per heavy atom. The van der Waals surface area contributed by atoms with Crippen molar-refractivity contribution in [3.05, 3.63) is 30.4 Å². The molecule has 1 unspecified atom stereocenters. The highest BCUT2D eigenvalue weighted by Gasteiger charge is 2.10. The van der Waals surface area contributed by atoms with E-state index >= 15 is 0 Å². The first kappa shape index (κ1) is 8.38. The summed E-state index contributed by atoms with van der Waals surface area (Å²) in [5.74, 6) is 1.46. The van der Waals surface area contributed by atoms with Crippen LogP contribution in [0, 0.1) is 5.92 Å². The molecule has 68 valence electrons. The molecular weight excluding hydrogens is 162 g/mol. The van der Waals surface area contributed by atoms with Crippen molar-refractivity contribution < 1.29 is 0 Å². The van der Waals surface area contributed by atoms with Crippen LogP contribution >= 0.6 is 0 Å². The number of rotatable bonds is 2. The van der Waals surface area contributed by atoms with Crippen molar-refractivity contribution in [3.8, 4) is 0 Å².